The zero-order chi connectivity index (χ0) is 19.5. The van der Waals surface area contributed by atoms with E-state index in [1.807, 2.05) is 18.2 Å². The molecule has 1 unspecified atom stereocenters. The number of fused-ring (bicyclic) bond motifs is 1. The Morgan fingerprint density at radius 1 is 1.18 bits per heavy atom. The van der Waals surface area contributed by atoms with E-state index in [-0.39, 0.29) is 17.9 Å². The van der Waals surface area contributed by atoms with Crippen molar-refractivity contribution in [3.05, 3.63) is 41.6 Å². The van der Waals surface area contributed by atoms with Gasteiger partial charge in [-0.05, 0) is 45.4 Å². The van der Waals surface area contributed by atoms with E-state index in [9.17, 15) is 4.79 Å². The summed E-state index contributed by atoms with van der Waals surface area (Å²) in [4.78, 5) is 24.7. The Balaban J connectivity index is 1.52. The largest absolute Gasteiger partial charge is 0.356 e. The molecule has 4 rings (SSSR count). The fourth-order valence-electron chi connectivity index (χ4n) is 4.21. The van der Waals surface area contributed by atoms with Gasteiger partial charge < -0.3 is 10.2 Å². The molecule has 2 aromatic rings. The number of carbonyl (C=O) groups excluding carboxylic acids is 1. The highest BCUT2D eigenvalue weighted by Gasteiger charge is 2.29. The fraction of sp³-hybridized carbons (Fsp3) is 0.522. The molecule has 1 aliphatic heterocycles. The first kappa shape index (κ1) is 18.9. The second-order valence-electron chi connectivity index (χ2n) is 8.09. The number of aromatic nitrogens is 2. The van der Waals surface area contributed by atoms with Crippen molar-refractivity contribution >= 4 is 11.7 Å². The van der Waals surface area contributed by atoms with Crippen molar-refractivity contribution < 1.29 is 4.79 Å². The molecule has 1 N–H and O–H groups in total. The van der Waals surface area contributed by atoms with E-state index in [1.165, 1.54) is 11.3 Å². The van der Waals surface area contributed by atoms with Crippen molar-refractivity contribution in [3.8, 4) is 11.4 Å². The predicted molar refractivity (Wildman–Crippen MR) is 112 cm³/mol. The predicted octanol–water partition coefficient (Wildman–Crippen LogP) is 3.76. The molecule has 28 heavy (non-hydrogen) atoms. The molecule has 5 heteroatoms. The first-order valence-electron chi connectivity index (χ1n) is 10.7. The Morgan fingerprint density at radius 2 is 1.93 bits per heavy atom. The maximum Gasteiger partial charge on any atom is 0.223 e. The van der Waals surface area contributed by atoms with Crippen molar-refractivity contribution in [1.82, 2.24) is 15.3 Å². The Hall–Kier alpha value is -2.43. The first-order valence-corrected chi connectivity index (χ1v) is 10.7. The number of anilines is 1. The van der Waals surface area contributed by atoms with Gasteiger partial charge in [0, 0.05) is 41.9 Å². The molecule has 0 saturated carbocycles. The molecular weight excluding hydrogens is 348 g/mol. The molecule has 2 aliphatic rings. The number of benzene rings is 1. The summed E-state index contributed by atoms with van der Waals surface area (Å²) in [6.45, 7) is 5.95. The molecule has 1 aromatic carbocycles. The van der Waals surface area contributed by atoms with E-state index in [0.29, 0.717) is 0 Å². The lowest BCUT2D eigenvalue weighted by atomic mass is 9.95. The van der Waals surface area contributed by atoms with Crippen molar-refractivity contribution in [2.75, 3.05) is 18.0 Å². The van der Waals surface area contributed by atoms with Crippen LogP contribution in [-0.2, 0) is 17.6 Å². The van der Waals surface area contributed by atoms with Gasteiger partial charge in [0.1, 0.15) is 5.82 Å². The lowest BCUT2D eigenvalue weighted by Crippen LogP contribution is -2.43. The number of piperidine rings is 1. The second-order valence-corrected chi connectivity index (χ2v) is 8.09. The van der Waals surface area contributed by atoms with Gasteiger partial charge in [-0.2, -0.15) is 0 Å². The Labute approximate surface area is 167 Å². The van der Waals surface area contributed by atoms with Gasteiger partial charge in [0.05, 0.1) is 0 Å². The monoisotopic (exact) mass is 378 g/mol. The van der Waals surface area contributed by atoms with Crippen molar-refractivity contribution in [2.45, 2.75) is 58.4 Å². The maximum absolute atomic E-state index is 12.5. The van der Waals surface area contributed by atoms with E-state index in [0.717, 1.165) is 68.8 Å². The maximum atomic E-state index is 12.5. The minimum atomic E-state index is 0.119. The summed E-state index contributed by atoms with van der Waals surface area (Å²) >= 11 is 0. The van der Waals surface area contributed by atoms with Crippen molar-refractivity contribution in [1.29, 1.82) is 0 Å². The van der Waals surface area contributed by atoms with E-state index in [4.69, 9.17) is 9.97 Å². The molecule has 5 nitrogen and oxygen atoms in total. The van der Waals surface area contributed by atoms with Crippen LogP contribution in [0.4, 0.5) is 5.82 Å². The number of hydrogen-bond donors (Lipinski definition) is 1. The zero-order valence-electron chi connectivity index (χ0n) is 16.9. The van der Waals surface area contributed by atoms with Crippen LogP contribution in [0.1, 0.15) is 50.8 Å². The first-order chi connectivity index (χ1) is 13.7. The molecule has 1 aromatic heterocycles. The van der Waals surface area contributed by atoms with Gasteiger partial charge in [0.25, 0.3) is 0 Å². The molecule has 1 atom stereocenters. The number of amides is 1. The molecule has 0 bridgehead atoms. The van der Waals surface area contributed by atoms with Gasteiger partial charge in [0.15, 0.2) is 5.82 Å². The van der Waals surface area contributed by atoms with Gasteiger partial charge in [-0.25, -0.2) is 9.97 Å². The van der Waals surface area contributed by atoms with Gasteiger partial charge in [-0.15, -0.1) is 0 Å². The van der Waals surface area contributed by atoms with Crippen molar-refractivity contribution in [2.24, 2.45) is 5.92 Å². The van der Waals surface area contributed by atoms with E-state index in [1.54, 1.807) is 0 Å². The lowest BCUT2D eigenvalue weighted by molar-refractivity contribution is -0.126. The highest BCUT2D eigenvalue weighted by atomic mass is 16.1. The number of aryl methyl sites for hydroxylation is 1. The van der Waals surface area contributed by atoms with Crippen LogP contribution >= 0.6 is 0 Å². The van der Waals surface area contributed by atoms with Crippen LogP contribution in [0.2, 0.25) is 0 Å². The quantitative estimate of drug-likeness (QED) is 0.861. The molecule has 1 saturated heterocycles. The van der Waals surface area contributed by atoms with Crippen LogP contribution in [0.5, 0.6) is 0 Å². The van der Waals surface area contributed by atoms with Crippen LogP contribution in [0.3, 0.4) is 0 Å². The fourth-order valence-corrected chi connectivity index (χ4v) is 4.21. The third-order valence-electron chi connectivity index (χ3n) is 6.11. The normalized spacial score (nSPS) is 18.0. The average Bonchev–Trinajstić information content (AvgIpc) is 3.22. The van der Waals surface area contributed by atoms with E-state index < -0.39 is 0 Å². The van der Waals surface area contributed by atoms with Gasteiger partial charge in [-0.3, -0.25) is 4.79 Å². The standard InChI is InChI=1S/C23H30N4O/c1-3-16(2)24-23(28)18-12-14-27(15-13-18)22-19-10-7-11-20(19)25-21(26-22)17-8-5-4-6-9-17/h4-6,8-9,16,18H,3,7,10-15H2,1-2H3,(H,24,28). The highest BCUT2D eigenvalue weighted by molar-refractivity contribution is 5.79. The lowest BCUT2D eigenvalue weighted by Gasteiger charge is -2.33. The zero-order valence-corrected chi connectivity index (χ0v) is 16.9. The van der Waals surface area contributed by atoms with Crippen LogP contribution in [0.15, 0.2) is 30.3 Å². The van der Waals surface area contributed by atoms with Gasteiger partial charge in [0.2, 0.25) is 5.91 Å². The topological polar surface area (TPSA) is 58.1 Å². The highest BCUT2D eigenvalue weighted by Crippen LogP contribution is 2.33. The number of hydrogen-bond acceptors (Lipinski definition) is 4. The third kappa shape index (κ3) is 3.89. The Kier molecular flexibility index (Phi) is 5.60. The molecule has 1 fully saturated rings. The smallest absolute Gasteiger partial charge is 0.223 e. The van der Waals surface area contributed by atoms with Crippen LogP contribution in [0.25, 0.3) is 11.4 Å². The minimum Gasteiger partial charge on any atom is -0.356 e. The van der Waals surface area contributed by atoms with Gasteiger partial charge in [-0.1, -0.05) is 37.3 Å². The summed E-state index contributed by atoms with van der Waals surface area (Å²) in [6.07, 6.45) is 6.01. The summed E-state index contributed by atoms with van der Waals surface area (Å²) in [5.41, 5.74) is 3.60. The minimum absolute atomic E-state index is 0.119. The SMILES string of the molecule is CCC(C)NC(=O)C1CCN(c2nc(-c3ccccc3)nc3c2CCC3)CC1. The summed E-state index contributed by atoms with van der Waals surface area (Å²) < 4.78 is 0. The Morgan fingerprint density at radius 3 is 2.64 bits per heavy atom. The number of rotatable bonds is 5. The summed E-state index contributed by atoms with van der Waals surface area (Å²) in [5, 5.41) is 3.14. The van der Waals surface area contributed by atoms with Crippen LogP contribution < -0.4 is 10.2 Å². The summed E-state index contributed by atoms with van der Waals surface area (Å²) in [6, 6.07) is 10.5. The number of nitrogens with zero attached hydrogens (tertiary/aromatic N) is 3. The molecule has 148 valence electrons. The number of nitrogens with one attached hydrogen (secondary N) is 1. The summed E-state index contributed by atoms with van der Waals surface area (Å²) in [5.74, 6) is 2.26. The number of carbonyl (C=O) groups is 1. The van der Waals surface area contributed by atoms with Crippen LogP contribution in [0, 0.1) is 5.92 Å². The van der Waals surface area contributed by atoms with Gasteiger partial charge >= 0.3 is 0 Å². The molecular formula is C23H30N4O. The molecule has 2 heterocycles. The van der Waals surface area contributed by atoms with Crippen molar-refractivity contribution in [3.63, 3.8) is 0 Å². The van der Waals surface area contributed by atoms with E-state index in [2.05, 4.69) is 36.2 Å². The van der Waals surface area contributed by atoms with E-state index >= 15 is 0 Å². The molecule has 1 amide bonds. The molecule has 0 spiro atoms. The molecule has 0 radical (unpaired) electrons. The van der Waals surface area contributed by atoms with Crippen LogP contribution in [-0.4, -0.2) is 35.0 Å². The third-order valence-corrected chi connectivity index (χ3v) is 6.11. The average molecular weight is 379 g/mol. The Bertz CT molecular complexity index is 828. The molecule has 1 aliphatic carbocycles. The summed E-state index contributed by atoms with van der Waals surface area (Å²) in [7, 11) is 0. The second kappa shape index (κ2) is 8.29.